The van der Waals surface area contributed by atoms with Crippen LogP contribution in [0.2, 0.25) is 0 Å². The third-order valence-electron chi connectivity index (χ3n) is 6.85. The van der Waals surface area contributed by atoms with Gasteiger partial charge < -0.3 is 24.8 Å². The Bertz CT molecular complexity index is 1090. The van der Waals surface area contributed by atoms with Crippen LogP contribution in [0, 0.1) is 5.92 Å². The summed E-state index contributed by atoms with van der Waals surface area (Å²) in [7, 11) is 3.12. The highest BCUT2D eigenvalue weighted by Gasteiger charge is 2.35. The highest BCUT2D eigenvalue weighted by Crippen LogP contribution is 2.35. The number of hydrogen-bond acceptors (Lipinski definition) is 6. The first-order chi connectivity index (χ1) is 17.5. The molecule has 0 bridgehead atoms. The van der Waals surface area contributed by atoms with E-state index in [0.717, 1.165) is 32.4 Å². The van der Waals surface area contributed by atoms with E-state index in [1.54, 1.807) is 33.3 Å². The Labute approximate surface area is 212 Å². The van der Waals surface area contributed by atoms with E-state index in [1.165, 1.54) is 5.56 Å². The van der Waals surface area contributed by atoms with E-state index in [0.29, 0.717) is 40.8 Å². The molecule has 0 spiro atoms. The number of rotatable bonds is 9. The highest BCUT2D eigenvalue weighted by atomic mass is 16.5. The molecule has 0 aliphatic carbocycles. The van der Waals surface area contributed by atoms with Crippen molar-refractivity contribution in [3.63, 3.8) is 0 Å². The van der Waals surface area contributed by atoms with Gasteiger partial charge in [0.05, 0.1) is 32.4 Å². The fourth-order valence-electron chi connectivity index (χ4n) is 4.99. The maximum absolute atomic E-state index is 13.1. The predicted octanol–water partition coefficient (Wildman–Crippen LogP) is 3.83. The average Bonchev–Trinajstić information content (AvgIpc) is 2.89. The summed E-state index contributed by atoms with van der Waals surface area (Å²) in [6.07, 6.45) is 3.22. The number of hydrogen-bond donors (Lipinski definition) is 2. The number of esters is 1. The van der Waals surface area contributed by atoms with Gasteiger partial charge in [-0.2, -0.15) is 0 Å². The van der Waals surface area contributed by atoms with Crippen LogP contribution in [-0.4, -0.2) is 57.4 Å². The first-order valence-corrected chi connectivity index (χ1v) is 12.5. The van der Waals surface area contributed by atoms with E-state index in [2.05, 4.69) is 39.8 Å². The molecule has 2 aromatic rings. The summed E-state index contributed by atoms with van der Waals surface area (Å²) in [5, 5.41) is 5.77. The molecule has 2 heterocycles. The maximum atomic E-state index is 13.1. The van der Waals surface area contributed by atoms with Gasteiger partial charge in [0, 0.05) is 12.2 Å². The SMILES string of the molecule is CCOC(=O)C1=C(CN2CCC(Cc3ccccc3)CC2)NC(=O)N[C@@H]1c1ccc(OC)c(OC)c1. The molecule has 2 aliphatic rings. The minimum Gasteiger partial charge on any atom is -0.493 e. The molecule has 8 nitrogen and oxygen atoms in total. The van der Waals surface area contributed by atoms with Crippen LogP contribution in [0.4, 0.5) is 4.79 Å². The van der Waals surface area contributed by atoms with Crippen molar-refractivity contribution in [1.82, 2.24) is 15.5 Å². The summed E-state index contributed by atoms with van der Waals surface area (Å²) in [4.78, 5) is 28.1. The first-order valence-electron chi connectivity index (χ1n) is 12.5. The van der Waals surface area contributed by atoms with E-state index in [4.69, 9.17) is 14.2 Å². The second-order valence-electron chi connectivity index (χ2n) is 9.17. The van der Waals surface area contributed by atoms with Crippen molar-refractivity contribution in [2.75, 3.05) is 40.5 Å². The van der Waals surface area contributed by atoms with Crippen LogP contribution in [0.15, 0.2) is 59.8 Å². The van der Waals surface area contributed by atoms with Crippen molar-refractivity contribution in [3.05, 3.63) is 70.9 Å². The summed E-state index contributed by atoms with van der Waals surface area (Å²) >= 11 is 0. The largest absolute Gasteiger partial charge is 0.493 e. The monoisotopic (exact) mass is 493 g/mol. The van der Waals surface area contributed by atoms with Gasteiger partial charge in [0.1, 0.15) is 0 Å². The van der Waals surface area contributed by atoms with Crippen LogP contribution in [0.25, 0.3) is 0 Å². The molecule has 0 aromatic heterocycles. The second-order valence-corrected chi connectivity index (χ2v) is 9.17. The van der Waals surface area contributed by atoms with Crippen molar-refractivity contribution >= 4 is 12.0 Å². The van der Waals surface area contributed by atoms with Crippen LogP contribution in [0.5, 0.6) is 11.5 Å². The normalized spacial score (nSPS) is 18.9. The van der Waals surface area contributed by atoms with Gasteiger partial charge >= 0.3 is 12.0 Å². The van der Waals surface area contributed by atoms with Crippen LogP contribution in [0.3, 0.4) is 0 Å². The number of piperidine rings is 1. The number of ether oxygens (including phenoxy) is 3. The number of amides is 2. The lowest BCUT2D eigenvalue weighted by molar-refractivity contribution is -0.139. The molecule has 2 aromatic carbocycles. The van der Waals surface area contributed by atoms with E-state index >= 15 is 0 Å². The second kappa shape index (κ2) is 11.9. The molecule has 2 N–H and O–H groups in total. The predicted molar refractivity (Wildman–Crippen MR) is 137 cm³/mol. The number of urea groups is 1. The van der Waals surface area contributed by atoms with Crippen LogP contribution in [0.1, 0.15) is 36.9 Å². The smallest absolute Gasteiger partial charge is 0.338 e. The zero-order valence-corrected chi connectivity index (χ0v) is 21.2. The van der Waals surface area contributed by atoms with Crippen molar-refractivity contribution in [2.45, 2.75) is 32.2 Å². The molecular formula is C28H35N3O5. The average molecular weight is 494 g/mol. The topological polar surface area (TPSA) is 89.1 Å². The number of benzene rings is 2. The molecule has 0 saturated carbocycles. The number of likely N-dealkylation sites (tertiary alicyclic amines) is 1. The molecule has 4 rings (SSSR count). The lowest BCUT2D eigenvalue weighted by Crippen LogP contribution is -2.49. The van der Waals surface area contributed by atoms with Gasteiger partial charge in [0.2, 0.25) is 0 Å². The first kappa shape index (κ1) is 25.6. The van der Waals surface area contributed by atoms with Gasteiger partial charge in [-0.25, -0.2) is 9.59 Å². The van der Waals surface area contributed by atoms with Gasteiger partial charge in [0.25, 0.3) is 0 Å². The van der Waals surface area contributed by atoms with Gasteiger partial charge in [-0.1, -0.05) is 36.4 Å². The Morgan fingerprint density at radius 3 is 2.42 bits per heavy atom. The Hall–Kier alpha value is -3.52. The number of carbonyl (C=O) groups excluding carboxylic acids is 2. The fraction of sp³-hybridized carbons (Fsp3) is 0.429. The Morgan fingerprint density at radius 1 is 1.03 bits per heavy atom. The lowest BCUT2D eigenvalue weighted by atomic mass is 9.89. The van der Waals surface area contributed by atoms with Crippen LogP contribution in [-0.2, 0) is 16.0 Å². The van der Waals surface area contributed by atoms with Gasteiger partial charge in [0.15, 0.2) is 11.5 Å². The third-order valence-corrected chi connectivity index (χ3v) is 6.85. The molecule has 2 amide bonds. The van der Waals surface area contributed by atoms with Gasteiger partial charge in [-0.05, 0) is 68.5 Å². The Balaban J connectivity index is 1.55. The molecular weight excluding hydrogens is 458 g/mol. The number of methoxy groups -OCH3 is 2. The quantitative estimate of drug-likeness (QED) is 0.516. The molecule has 1 atom stereocenters. The minimum atomic E-state index is -0.664. The molecule has 192 valence electrons. The highest BCUT2D eigenvalue weighted by molar-refractivity contribution is 5.95. The fourth-order valence-corrected chi connectivity index (χ4v) is 4.99. The maximum Gasteiger partial charge on any atom is 0.338 e. The van der Waals surface area contributed by atoms with Crippen molar-refractivity contribution < 1.29 is 23.8 Å². The molecule has 0 unspecified atom stereocenters. The molecule has 8 heteroatoms. The zero-order valence-electron chi connectivity index (χ0n) is 21.2. The zero-order chi connectivity index (χ0) is 25.5. The van der Waals surface area contributed by atoms with E-state index in [1.807, 2.05) is 12.1 Å². The van der Waals surface area contributed by atoms with Crippen molar-refractivity contribution in [3.8, 4) is 11.5 Å². The van der Waals surface area contributed by atoms with Gasteiger partial charge in [-0.15, -0.1) is 0 Å². The summed E-state index contributed by atoms with van der Waals surface area (Å²) < 4.78 is 16.2. The van der Waals surface area contributed by atoms with Crippen molar-refractivity contribution in [1.29, 1.82) is 0 Å². The van der Waals surface area contributed by atoms with Crippen LogP contribution >= 0.6 is 0 Å². The lowest BCUT2D eigenvalue weighted by Gasteiger charge is -2.35. The van der Waals surface area contributed by atoms with Crippen LogP contribution < -0.4 is 20.1 Å². The molecule has 1 fully saturated rings. The Morgan fingerprint density at radius 2 is 1.75 bits per heavy atom. The summed E-state index contributed by atoms with van der Waals surface area (Å²) in [5.41, 5.74) is 3.07. The standard InChI is InChI=1S/C28H35N3O5/c1-4-36-27(32)25-22(18-31-14-12-20(13-15-31)16-19-8-6-5-7-9-19)29-28(33)30-26(25)21-10-11-23(34-2)24(17-21)35-3/h5-11,17,20,26H,4,12-16,18H2,1-3H3,(H2,29,30,33)/t26-/m1/s1. The number of nitrogens with one attached hydrogen (secondary N) is 2. The molecule has 36 heavy (non-hydrogen) atoms. The molecule has 2 aliphatic heterocycles. The van der Waals surface area contributed by atoms with Crippen molar-refractivity contribution in [2.24, 2.45) is 5.92 Å². The van der Waals surface area contributed by atoms with E-state index in [9.17, 15) is 9.59 Å². The Kier molecular flexibility index (Phi) is 8.48. The van der Waals surface area contributed by atoms with Gasteiger partial charge in [-0.3, -0.25) is 4.90 Å². The molecule has 1 saturated heterocycles. The van der Waals surface area contributed by atoms with E-state index < -0.39 is 12.0 Å². The minimum absolute atomic E-state index is 0.243. The number of carbonyl (C=O) groups is 2. The summed E-state index contributed by atoms with van der Waals surface area (Å²) in [5.74, 6) is 1.28. The number of nitrogens with zero attached hydrogens (tertiary/aromatic N) is 1. The summed E-state index contributed by atoms with van der Waals surface area (Å²) in [6, 6.07) is 14.9. The molecule has 0 radical (unpaired) electrons. The van der Waals surface area contributed by atoms with E-state index in [-0.39, 0.29) is 12.6 Å². The summed E-state index contributed by atoms with van der Waals surface area (Å²) in [6.45, 7) is 4.30. The third kappa shape index (κ3) is 5.99.